The minimum atomic E-state index is 0.212. The van der Waals surface area contributed by atoms with Gasteiger partial charge in [0.2, 0.25) is 5.91 Å². The SMILES string of the molecule is CN(C(=O)CBr)C1CN2CCC1CC2. The van der Waals surface area contributed by atoms with Gasteiger partial charge in [0, 0.05) is 19.6 Å². The maximum Gasteiger partial charge on any atom is 0.233 e. The molecule has 0 spiro atoms. The third kappa shape index (κ3) is 1.82. The van der Waals surface area contributed by atoms with Gasteiger partial charge in [-0.25, -0.2) is 0 Å². The molecule has 0 aromatic heterocycles. The molecule has 3 aliphatic rings. The quantitative estimate of drug-likeness (QED) is 0.690. The summed E-state index contributed by atoms with van der Waals surface area (Å²) >= 11 is 3.23. The molecule has 0 saturated carbocycles. The van der Waals surface area contributed by atoms with Crippen molar-refractivity contribution < 1.29 is 4.79 Å². The Labute approximate surface area is 93.6 Å². The Bertz CT molecular complexity index is 226. The zero-order chi connectivity index (χ0) is 10.1. The van der Waals surface area contributed by atoms with Gasteiger partial charge in [-0.15, -0.1) is 0 Å². The van der Waals surface area contributed by atoms with E-state index in [1.807, 2.05) is 11.9 Å². The molecule has 3 saturated heterocycles. The first-order chi connectivity index (χ1) is 6.72. The van der Waals surface area contributed by atoms with E-state index >= 15 is 0 Å². The summed E-state index contributed by atoms with van der Waals surface area (Å²) in [6, 6.07) is 0.461. The van der Waals surface area contributed by atoms with Crippen LogP contribution in [0.5, 0.6) is 0 Å². The van der Waals surface area contributed by atoms with E-state index in [9.17, 15) is 4.79 Å². The average molecular weight is 261 g/mol. The number of rotatable bonds is 2. The van der Waals surface area contributed by atoms with Gasteiger partial charge in [-0.3, -0.25) is 4.79 Å². The van der Waals surface area contributed by atoms with Crippen LogP contribution in [0.1, 0.15) is 12.8 Å². The zero-order valence-electron chi connectivity index (χ0n) is 8.58. The predicted octanol–water partition coefficient (Wildman–Crippen LogP) is 0.934. The number of halogens is 1. The molecule has 2 bridgehead atoms. The molecule has 3 fully saturated rings. The van der Waals surface area contributed by atoms with Crippen molar-refractivity contribution in [3.05, 3.63) is 0 Å². The van der Waals surface area contributed by atoms with Crippen LogP contribution < -0.4 is 0 Å². The van der Waals surface area contributed by atoms with Crippen LogP contribution in [0.2, 0.25) is 0 Å². The third-order valence-electron chi connectivity index (χ3n) is 3.63. The topological polar surface area (TPSA) is 23.6 Å². The van der Waals surface area contributed by atoms with Crippen LogP contribution in [0.4, 0.5) is 0 Å². The summed E-state index contributed by atoms with van der Waals surface area (Å²) in [5, 5.41) is 0.451. The lowest BCUT2D eigenvalue weighted by Gasteiger charge is -2.48. The maximum absolute atomic E-state index is 11.5. The molecule has 0 N–H and O–H groups in total. The summed E-state index contributed by atoms with van der Waals surface area (Å²) < 4.78 is 0. The van der Waals surface area contributed by atoms with E-state index in [4.69, 9.17) is 0 Å². The molecule has 0 aromatic rings. The third-order valence-corrected chi connectivity index (χ3v) is 4.11. The maximum atomic E-state index is 11.5. The zero-order valence-corrected chi connectivity index (χ0v) is 10.2. The standard InChI is InChI=1S/C10H17BrN2O/c1-12(10(14)6-11)9-7-13-4-2-8(9)3-5-13/h8-9H,2-7H2,1H3. The van der Waals surface area contributed by atoms with E-state index in [-0.39, 0.29) is 5.91 Å². The first kappa shape index (κ1) is 10.4. The fourth-order valence-electron chi connectivity index (χ4n) is 2.65. The molecule has 1 amide bonds. The molecule has 0 aliphatic carbocycles. The van der Waals surface area contributed by atoms with Gasteiger partial charge in [0.25, 0.3) is 0 Å². The van der Waals surface area contributed by atoms with Crippen LogP contribution in [0.3, 0.4) is 0 Å². The van der Waals surface area contributed by atoms with Crippen molar-refractivity contribution in [2.24, 2.45) is 5.92 Å². The smallest absolute Gasteiger partial charge is 0.233 e. The lowest BCUT2D eigenvalue weighted by Crippen LogP contribution is -2.57. The fraction of sp³-hybridized carbons (Fsp3) is 0.900. The number of piperidine rings is 3. The Morgan fingerprint density at radius 3 is 2.57 bits per heavy atom. The predicted molar refractivity (Wildman–Crippen MR) is 59.5 cm³/mol. The number of carbonyl (C=O) groups excluding carboxylic acids is 1. The second-order valence-corrected chi connectivity index (χ2v) is 4.90. The van der Waals surface area contributed by atoms with E-state index in [0.29, 0.717) is 11.4 Å². The molecule has 1 atom stereocenters. The molecule has 1 unspecified atom stereocenters. The highest BCUT2D eigenvalue weighted by Gasteiger charge is 2.37. The fourth-order valence-corrected chi connectivity index (χ4v) is 3.05. The molecule has 3 heterocycles. The van der Waals surface area contributed by atoms with Gasteiger partial charge in [0.05, 0.1) is 5.33 Å². The molecule has 80 valence electrons. The van der Waals surface area contributed by atoms with Crippen molar-refractivity contribution in [3.8, 4) is 0 Å². The normalized spacial score (nSPS) is 35.7. The van der Waals surface area contributed by atoms with Gasteiger partial charge < -0.3 is 9.80 Å². The minimum Gasteiger partial charge on any atom is -0.340 e. The summed E-state index contributed by atoms with van der Waals surface area (Å²) in [5.74, 6) is 0.955. The summed E-state index contributed by atoms with van der Waals surface area (Å²) in [6.07, 6.45) is 2.54. The van der Waals surface area contributed by atoms with Crippen LogP contribution in [-0.2, 0) is 4.79 Å². The molecule has 4 heteroatoms. The monoisotopic (exact) mass is 260 g/mol. The average Bonchev–Trinajstić information content (AvgIpc) is 2.28. The van der Waals surface area contributed by atoms with E-state index < -0.39 is 0 Å². The number of hydrogen-bond donors (Lipinski definition) is 0. The van der Waals surface area contributed by atoms with Crippen molar-refractivity contribution in [3.63, 3.8) is 0 Å². The number of fused-ring (bicyclic) bond motifs is 3. The van der Waals surface area contributed by atoms with E-state index in [2.05, 4.69) is 20.8 Å². The highest BCUT2D eigenvalue weighted by Crippen LogP contribution is 2.30. The second-order valence-electron chi connectivity index (χ2n) is 4.34. The highest BCUT2D eigenvalue weighted by molar-refractivity contribution is 9.09. The van der Waals surface area contributed by atoms with Crippen molar-refractivity contribution in [2.45, 2.75) is 18.9 Å². The van der Waals surface area contributed by atoms with Gasteiger partial charge in [0.1, 0.15) is 0 Å². The van der Waals surface area contributed by atoms with Crippen LogP contribution in [0.25, 0.3) is 0 Å². The molecule has 3 rings (SSSR count). The van der Waals surface area contributed by atoms with Crippen molar-refractivity contribution in [1.29, 1.82) is 0 Å². The van der Waals surface area contributed by atoms with Crippen LogP contribution in [0, 0.1) is 5.92 Å². The Balaban J connectivity index is 2.01. The van der Waals surface area contributed by atoms with E-state index in [1.54, 1.807) is 0 Å². The first-order valence-corrected chi connectivity index (χ1v) is 6.38. The number of carbonyl (C=O) groups is 1. The molecule has 0 radical (unpaired) electrons. The van der Waals surface area contributed by atoms with E-state index in [1.165, 1.54) is 25.9 Å². The molecule has 0 aromatic carbocycles. The lowest BCUT2D eigenvalue weighted by molar-refractivity contribution is -0.132. The van der Waals surface area contributed by atoms with Crippen molar-refractivity contribution in [1.82, 2.24) is 9.80 Å². The number of nitrogens with zero attached hydrogens (tertiary/aromatic N) is 2. The first-order valence-electron chi connectivity index (χ1n) is 5.26. The Kier molecular flexibility index (Phi) is 3.12. The molecule has 3 aliphatic heterocycles. The van der Waals surface area contributed by atoms with Gasteiger partial charge in [-0.1, -0.05) is 15.9 Å². The minimum absolute atomic E-state index is 0.212. The van der Waals surface area contributed by atoms with Crippen LogP contribution in [-0.4, -0.2) is 53.8 Å². The molecular formula is C10H17BrN2O. The number of hydrogen-bond acceptors (Lipinski definition) is 2. The highest BCUT2D eigenvalue weighted by atomic mass is 79.9. The van der Waals surface area contributed by atoms with Crippen molar-refractivity contribution in [2.75, 3.05) is 32.0 Å². The Morgan fingerprint density at radius 2 is 2.14 bits per heavy atom. The van der Waals surface area contributed by atoms with Crippen LogP contribution in [0.15, 0.2) is 0 Å². The van der Waals surface area contributed by atoms with Crippen LogP contribution >= 0.6 is 15.9 Å². The number of amides is 1. The summed E-state index contributed by atoms with van der Waals surface area (Å²) in [4.78, 5) is 16.0. The van der Waals surface area contributed by atoms with Gasteiger partial charge in [-0.2, -0.15) is 0 Å². The van der Waals surface area contributed by atoms with Gasteiger partial charge >= 0.3 is 0 Å². The summed E-state index contributed by atoms with van der Waals surface area (Å²) in [7, 11) is 1.94. The lowest BCUT2D eigenvalue weighted by atomic mass is 9.83. The van der Waals surface area contributed by atoms with Crippen molar-refractivity contribution >= 4 is 21.8 Å². The molecule has 14 heavy (non-hydrogen) atoms. The second kappa shape index (κ2) is 4.19. The van der Waals surface area contributed by atoms with Gasteiger partial charge in [-0.05, 0) is 31.8 Å². The van der Waals surface area contributed by atoms with Gasteiger partial charge in [0.15, 0.2) is 0 Å². The number of likely N-dealkylation sites (N-methyl/N-ethyl adjacent to an activating group) is 1. The number of alkyl halides is 1. The molecule has 3 nitrogen and oxygen atoms in total. The van der Waals surface area contributed by atoms with E-state index in [0.717, 1.165) is 12.5 Å². The Morgan fingerprint density at radius 1 is 1.50 bits per heavy atom. The Hall–Kier alpha value is -0.0900. The molecular weight excluding hydrogens is 244 g/mol. The summed E-state index contributed by atoms with van der Waals surface area (Å²) in [5.41, 5.74) is 0. The summed E-state index contributed by atoms with van der Waals surface area (Å²) in [6.45, 7) is 3.55. The largest absolute Gasteiger partial charge is 0.340 e.